The van der Waals surface area contributed by atoms with Crippen molar-refractivity contribution in [3.63, 3.8) is 0 Å². The Morgan fingerprint density at radius 1 is 1.36 bits per heavy atom. The van der Waals surface area contributed by atoms with Crippen LogP contribution in [0.4, 0.5) is 5.69 Å². The van der Waals surface area contributed by atoms with Crippen LogP contribution in [0.5, 0.6) is 11.5 Å². The Morgan fingerprint density at radius 3 is 2.76 bits per heavy atom. The minimum atomic E-state index is -3.10. The second-order valence-electron chi connectivity index (χ2n) is 5.16. The van der Waals surface area contributed by atoms with Crippen LogP contribution in [0.3, 0.4) is 0 Å². The van der Waals surface area contributed by atoms with E-state index >= 15 is 0 Å². The fourth-order valence-corrected chi connectivity index (χ4v) is 2.12. The largest absolute Gasteiger partial charge is 0.506 e. The Kier molecular flexibility index (Phi) is 4.31. The molecule has 0 fully saturated rings. The van der Waals surface area contributed by atoms with Gasteiger partial charge in [0.25, 0.3) is 0 Å². The number of nitrogens with one attached hydrogen (secondary N) is 2. The number of hydrogen-bond donors (Lipinski definition) is 4. The molecular weight excluding hydrogens is 320 g/mol. The van der Waals surface area contributed by atoms with Gasteiger partial charge in [-0.25, -0.2) is 0 Å². The lowest BCUT2D eigenvalue weighted by molar-refractivity contribution is -0.105. The first kappa shape index (κ1) is 11.9. The van der Waals surface area contributed by atoms with Crippen molar-refractivity contribution < 1.29 is 28.0 Å². The van der Waals surface area contributed by atoms with E-state index in [4.69, 9.17) is 13.0 Å². The van der Waals surface area contributed by atoms with E-state index in [2.05, 4.69) is 10.6 Å². The summed E-state index contributed by atoms with van der Waals surface area (Å²) in [7, 11) is 1.43. The number of aliphatic hydroxyl groups excluding tert-OH is 1. The van der Waals surface area contributed by atoms with E-state index in [1.807, 2.05) is 0 Å². The van der Waals surface area contributed by atoms with Crippen LogP contribution in [0, 0.1) is 0 Å². The summed E-state index contributed by atoms with van der Waals surface area (Å²) in [5.41, 5.74) is 0.198. The summed E-state index contributed by atoms with van der Waals surface area (Å²) in [6.45, 7) is -3.59. The molecule has 2 aromatic carbocycles. The molecule has 0 spiro atoms. The molecule has 0 saturated heterocycles. The van der Waals surface area contributed by atoms with Crippen molar-refractivity contribution in [3.05, 3.63) is 53.6 Å². The lowest BCUT2D eigenvalue weighted by Crippen LogP contribution is -2.32. The number of carbonyl (C=O) groups is 1. The Hall–Kier alpha value is -2.57. The first-order chi connectivity index (χ1) is 14.4. The number of phenols is 1. The van der Waals surface area contributed by atoms with E-state index in [0.717, 1.165) is 0 Å². The third kappa shape index (κ3) is 5.48. The Morgan fingerprint density at radius 2 is 2.12 bits per heavy atom. The fourth-order valence-electron chi connectivity index (χ4n) is 2.12. The third-order valence-corrected chi connectivity index (χ3v) is 3.45. The minimum Gasteiger partial charge on any atom is -0.506 e. The molecule has 6 heteroatoms. The number of amides is 1. The molecule has 25 heavy (non-hydrogen) atoms. The maximum atomic E-state index is 10.6. The van der Waals surface area contributed by atoms with E-state index in [-0.39, 0.29) is 22.6 Å². The van der Waals surface area contributed by atoms with Gasteiger partial charge < -0.3 is 25.6 Å². The van der Waals surface area contributed by atoms with Crippen LogP contribution >= 0.6 is 0 Å². The topological polar surface area (TPSA) is 90.8 Å². The normalized spacial score (nSPS) is 19.0. The predicted molar refractivity (Wildman–Crippen MR) is 96.9 cm³/mol. The summed E-state index contributed by atoms with van der Waals surface area (Å²) in [5.74, 6) is 0.212. The van der Waals surface area contributed by atoms with Crippen LogP contribution in [0.2, 0.25) is 0 Å². The number of aromatic hydroxyl groups is 1. The average Bonchev–Trinajstić information content (AvgIpc) is 2.72. The number of hydrogen-bond acceptors (Lipinski definition) is 5. The maximum Gasteiger partial charge on any atom is 0.211 e. The van der Waals surface area contributed by atoms with Gasteiger partial charge in [-0.15, -0.1) is 0 Å². The molecule has 2 atom stereocenters. The van der Waals surface area contributed by atoms with Gasteiger partial charge in [-0.3, -0.25) is 4.79 Å². The molecule has 2 aromatic rings. The van der Waals surface area contributed by atoms with Crippen molar-refractivity contribution in [1.82, 2.24) is 5.32 Å². The van der Waals surface area contributed by atoms with Crippen LogP contribution in [0.25, 0.3) is 0 Å². The summed E-state index contributed by atoms with van der Waals surface area (Å²) in [5, 5.41) is 24.8. The summed E-state index contributed by atoms with van der Waals surface area (Å²) in [6, 6.07) is 6.66. The highest BCUT2D eigenvalue weighted by Gasteiger charge is 2.12. The summed E-state index contributed by atoms with van der Waals surface area (Å²) >= 11 is 0. The van der Waals surface area contributed by atoms with Crippen molar-refractivity contribution in [2.24, 2.45) is 0 Å². The number of phenolic OH excluding ortho intramolecular Hbond substituents is 1. The molecule has 0 bridgehead atoms. The molecule has 0 saturated carbocycles. The molecule has 0 heterocycles. The zero-order valence-electron chi connectivity index (χ0n) is 19.6. The highest BCUT2D eigenvalue weighted by atomic mass is 16.5. The van der Waals surface area contributed by atoms with Gasteiger partial charge in [-0.2, -0.15) is 0 Å². The van der Waals surface area contributed by atoms with Gasteiger partial charge >= 0.3 is 0 Å². The monoisotopic (exact) mass is 350 g/mol. The number of methoxy groups -OCH3 is 1. The third-order valence-electron chi connectivity index (χ3n) is 3.45. The molecule has 1 unspecified atom stereocenters. The number of aliphatic hydroxyl groups is 1. The summed E-state index contributed by atoms with van der Waals surface area (Å²) in [4.78, 5) is 10.6. The van der Waals surface area contributed by atoms with Crippen molar-refractivity contribution in [2.75, 3.05) is 19.0 Å². The zero-order valence-corrected chi connectivity index (χ0v) is 13.6. The highest BCUT2D eigenvalue weighted by molar-refractivity contribution is 5.75. The Bertz CT molecular complexity index is 907. The molecule has 1 amide bonds. The molecule has 0 aromatic heterocycles. The number of anilines is 1. The predicted octanol–water partition coefficient (Wildman–Crippen LogP) is 2.22. The molecular formula is C19H24N2O4. The zero-order chi connectivity index (χ0) is 23.4. The van der Waals surface area contributed by atoms with Crippen molar-refractivity contribution in [2.45, 2.75) is 25.3 Å². The van der Waals surface area contributed by atoms with Gasteiger partial charge in [-0.05, 0) is 48.6 Å². The van der Waals surface area contributed by atoms with E-state index in [9.17, 15) is 15.0 Å². The molecule has 0 aliphatic carbocycles. The van der Waals surface area contributed by atoms with Gasteiger partial charge in [0.15, 0.2) is 0 Å². The second kappa shape index (κ2) is 9.05. The molecule has 6 nitrogen and oxygen atoms in total. The van der Waals surface area contributed by atoms with Gasteiger partial charge in [0.1, 0.15) is 11.5 Å². The van der Waals surface area contributed by atoms with E-state index in [1.165, 1.54) is 49.6 Å². The first-order valence-corrected chi connectivity index (χ1v) is 7.48. The van der Waals surface area contributed by atoms with Crippen LogP contribution in [0.15, 0.2) is 42.5 Å². The minimum absolute atomic E-state index is 0.0353. The Labute approximate surface area is 155 Å². The van der Waals surface area contributed by atoms with E-state index < -0.39 is 31.9 Å². The number of carbonyl (C=O) groups excluding carboxylic acids is 1. The van der Waals surface area contributed by atoms with E-state index in [0.29, 0.717) is 12.2 Å². The van der Waals surface area contributed by atoms with Crippen molar-refractivity contribution >= 4 is 12.1 Å². The van der Waals surface area contributed by atoms with Gasteiger partial charge in [0.2, 0.25) is 6.41 Å². The first-order valence-electron chi connectivity index (χ1n) is 10.5. The van der Waals surface area contributed by atoms with Crippen molar-refractivity contribution in [3.8, 4) is 11.5 Å². The lowest BCUT2D eigenvalue weighted by atomic mass is 10.1. The lowest BCUT2D eigenvalue weighted by Gasteiger charge is -2.18. The Balaban J connectivity index is 2.32. The highest BCUT2D eigenvalue weighted by Crippen LogP contribution is 2.26. The summed E-state index contributed by atoms with van der Waals surface area (Å²) in [6.07, 6.45) is -3.69. The maximum absolute atomic E-state index is 10.6. The average molecular weight is 350 g/mol. The SMILES string of the molecule is [2H]C([2H])([2H])C([2H])(NC[C@H](O)c1ccc(O)c(NC=O)c1)C([2H])([2H])c1ccc(OC)cc1. The van der Waals surface area contributed by atoms with E-state index in [1.54, 1.807) is 0 Å². The number of benzene rings is 2. The van der Waals surface area contributed by atoms with Gasteiger partial charge in [-0.1, -0.05) is 18.2 Å². The molecule has 134 valence electrons. The number of rotatable bonds is 9. The molecule has 4 N–H and O–H groups in total. The molecule has 0 aliphatic rings. The van der Waals surface area contributed by atoms with Gasteiger partial charge in [0.05, 0.1) is 18.9 Å². The quantitative estimate of drug-likeness (QED) is 0.411. The summed E-state index contributed by atoms with van der Waals surface area (Å²) < 4.78 is 53.8. The molecule has 0 aliphatic heterocycles. The van der Waals surface area contributed by atoms with Crippen LogP contribution in [-0.4, -0.2) is 36.3 Å². The van der Waals surface area contributed by atoms with Gasteiger partial charge in [0, 0.05) is 20.8 Å². The standard InChI is InChI=1S/C19H24N2O4/c1-13(9-14-3-6-16(25-2)7-4-14)20-11-19(24)15-5-8-18(23)17(10-15)21-12-22/h3-8,10,12-13,19-20,23-24H,9,11H2,1-2H3,(H,21,22)/t13?,19-/m0/s1/i1D3,9D2,13D. The molecule has 0 radical (unpaired) electrons. The fraction of sp³-hybridized carbons (Fsp3) is 0.316. The van der Waals surface area contributed by atoms with Crippen molar-refractivity contribution in [1.29, 1.82) is 0 Å². The number of ether oxygens (including phenoxy) is 1. The second-order valence-corrected chi connectivity index (χ2v) is 5.16. The molecule has 2 rings (SSSR count). The van der Waals surface area contributed by atoms with Crippen LogP contribution in [0.1, 0.15) is 32.3 Å². The van der Waals surface area contributed by atoms with Crippen LogP contribution in [-0.2, 0) is 11.2 Å². The smallest absolute Gasteiger partial charge is 0.211 e. The van der Waals surface area contributed by atoms with Crippen LogP contribution < -0.4 is 15.4 Å².